The Labute approximate surface area is 209 Å². The summed E-state index contributed by atoms with van der Waals surface area (Å²) in [5.74, 6) is -1.28. The number of esters is 1. The number of imide groups is 1. The van der Waals surface area contributed by atoms with Crippen molar-refractivity contribution in [3.63, 3.8) is 0 Å². The number of carbonyl (C=O) groups excluding carboxylic acids is 4. The van der Waals surface area contributed by atoms with E-state index in [4.69, 9.17) is 14.2 Å². The van der Waals surface area contributed by atoms with Gasteiger partial charge in [-0.2, -0.15) is 0 Å². The van der Waals surface area contributed by atoms with Crippen LogP contribution in [0.15, 0.2) is 61.2 Å². The van der Waals surface area contributed by atoms with Gasteiger partial charge in [-0.15, -0.1) is 6.58 Å². The van der Waals surface area contributed by atoms with Crippen molar-refractivity contribution < 1.29 is 33.4 Å². The van der Waals surface area contributed by atoms with Crippen molar-refractivity contribution in [1.82, 2.24) is 10.6 Å². The standard InChI is InChI=1S/C26H29N3O7/c1-4-15-27-26(33)28-22(30)16-36-25(32)20-13-14-23(31)29(17-9-11-18(34-2)12-10-17)24(20)19-7-5-6-8-21(19)35-3/h4-12,20,24H,1,13-16H2,2-3H3,(H2,27,28,30,33). The fraction of sp³-hybridized carbons (Fsp3) is 0.308. The maximum absolute atomic E-state index is 13.2. The van der Waals surface area contributed by atoms with Gasteiger partial charge in [-0.25, -0.2) is 4.79 Å². The minimum absolute atomic E-state index is 0.105. The number of amides is 4. The fourth-order valence-corrected chi connectivity index (χ4v) is 4.07. The SMILES string of the molecule is C=CCNC(=O)NC(=O)COC(=O)C1CCC(=O)N(c2ccc(OC)cc2)C1c1ccccc1OC. The van der Waals surface area contributed by atoms with Gasteiger partial charge in [0.05, 0.1) is 26.2 Å². The molecule has 2 aromatic rings. The second-order valence-corrected chi connectivity index (χ2v) is 7.95. The van der Waals surface area contributed by atoms with Gasteiger partial charge >= 0.3 is 12.0 Å². The molecule has 190 valence electrons. The third kappa shape index (κ3) is 6.21. The van der Waals surface area contributed by atoms with Crippen molar-refractivity contribution in [2.24, 2.45) is 5.92 Å². The van der Waals surface area contributed by atoms with Crippen LogP contribution in [-0.2, 0) is 19.1 Å². The highest BCUT2D eigenvalue weighted by Crippen LogP contribution is 2.43. The van der Waals surface area contributed by atoms with Crippen LogP contribution in [0.25, 0.3) is 0 Å². The first-order valence-electron chi connectivity index (χ1n) is 11.3. The van der Waals surface area contributed by atoms with Crippen LogP contribution in [0.1, 0.15) is 24.4 Å². The van der Waals surface area contributed by atoms with E-state index in [1.165, 1.54) is 13.2 Å². The summed E-state index contributed by atoms with van der Waals surface area (Å²) in [5.41, 5.74) is 1.20. The molecule has 10 nitrogen and oxygen atoms in total. The molecule has 2 aromatic carbocycles. The van der Waals surface area contributed by atoms with Crippen LogP contribution in [0.5, 0.6) is 11.5 Å². The van der Waals surface area contributed by atoms with Crippen LogP contribution in [0.2, 0.25) is 0 Å². The monoisotopic (exact) mass is 495 g/mol. The average molecular weight is 496 g/mol. The zero-order chi connectivity index (χ0) is 26.1. The van der Waals surface area contributed by atoms with E-state index >= 15 is 0 Å². The third-order valence-corrected chi connectivity index (χ3v) is 5.71. The van der Waals surface area contributed by atoms with Crippen molar-refractivity contribution in [2.45, 2.75) is 18.9 Å². The zero-order valence-corrected chi connectivity index (χ0v) is 20.2. The number of para-hydroxylation sites is 1. The van der Waals surface area contributed by atoms with E-state index in [1.54, 1.807) is 60.5 Å². The summed E-state index contributed by atoms with van der Waals surface area (Å²) in [5, 5.41) is 4.47. The van der Waals surface area contributed by atoms with Crippen molar-refractivity contribution in [1.29, 1.82) is 0 Å². The Morgan fingerprint density at radius 1 is 1.08 bits per heavy atom. The Balaban J connectivity index is 1.88. The molecule has 0 aliphatic carbocycles. The molecular weight excluding hydrogens is 466 g/mol. The lowest BCUT2D eigenvalue weighted by molar-refractivity contribution is -0.154. The van der Waals surface area contributed by atoms with Crippen LogP contribution in [0, 0.1) is 5.92 Å². The minimum atomic E-state index is -0.788. The third-order valence-electron chi connectivity index (χ3n) is 5.71. The topological polar surface area (TPSA) is 123 Å². The summed E-state index contributed by atoms with van der Waals surface area (Å²) in [7, 11) is 3.06. The molecule has 2 unspecified atom stereocenters. The molecule has 1 aliphatic heterocycles. The molecule has 2 atom stereocenters. The summed E-state index contributed by atoms with van der Waals surface area (Å²) in [6.07, 6.45) is 1.78. The van der Waals surface area contributed by atoms with E-state index in [2.05, 4.69) is 17.2 Å². The maximum Gasteiger partial charge on any atom is 0.321 e. The molecule has 3 rings (SSSR count). The molecule has 0 spiro atoms. The van der Waals surface area contributed by atoms with Gasteiger partial charge in [-0.3, -0.25) is 19.7 Å². The molecule has 4 amide bonds. The number of benzene rings is 2. The number of urea groups is 1. The Kier molecular flexibility index (Phi) is 9.04. The largest absolute Gasteiger partial charge is 0.497 e. The highest BCUT2D eigenvalue weighted by molar-refractivity contribution is 5.98. The molecule has 0 radical (unpaired) electrons. The minimum Gasteiger partial charge on any atom is -0.497 e. The smallest absolute Gasteiger partial charge is 0.321 e. The molecular formula is C26H29N3O7. The fourth-order valence-electron chi connectivity index (χ4n) is 4.07. The molecule has 0 aromatic heterocycles. The van der Waals surface area contributed by atoms with Crippen LogP contribution in [-0.4, -0.2) is 51.2 Å². The molecule has 1 heterocycles. The van der Waals surface area contributed by atoms with E-state index < -0.39 is 36.5 Å². The van der Waals surface area contributed by atoms with E-state index in [-0.39, 0.29) is 25.3 Å². The molecule has 10 heteroatoms. The number of nitrogens with one attached hydrogen (secondary N) is 2. The van der Waals surface area contributed by atoms with E-state index in [1.807, 2.05) is 0 Å². The predicted octanol–water partition coefficient (Wildman–Crippen LogP) is 2.74. The number of methoxy groups -OCH3 is 2. The second kappa shape index (κ2) is 12.4. The lowest BCUT2D eigenvalue weighted by Crippen LogP contribution is -2.47. The van der Waals surface area contributed by atoms with Gasteiger partial charge in [0.2, 0.25) is 5.91 Å². The van der Waals surface area contributed by atoms with Crippen LogP contribution < -0.4 is 25.0 Å². The lowest BCUT2D eigenvalue weighted by Gasteiger charge is -2.40. The second-order valence-electron chi connectivity index (χ2n) is 7.95. The van der Waals surface area contributed by atoms with E-state index in [9.17, 15) is 19.2 Å². The van der Waals surface area contributed by atoms with Crippen molar-refractivity contribution >= 4 is 29.5 Å². The molecule has 1 aliphatic rings. The van der Waals surface area contributed by atoms with E-state index in [0.717, 1.165) is 0 Å². The Bertz CT molecular complexity index is 1120. The van der Waals surface area contributed by atoms with Gasteiger partial charge in [-0.05, 0) is 36.8 Å². The van der Waals surface area contributed by atoms with Gasteiger partial charge < -0.3 is 24.4 Å². The summed E-state index contributed by atoms with van der Waals surface area (Å²) >= 11 is 0. The quantitative estimate of drug-likeness (QED) is 0.405. The number of hydrogen-bond donors (Lipinski definition) is 2. The molecule has 0 saturated carbocycles. The molecule has 36 heavy (non-hydrogen) atoms. The normalized spacial score (nSPS) is 17.1. The summed E-state index contributed by atoms with van der Waals surface area (Å²) < 4.78 is 16.0. The number of piperidine rings is 1. The van der Waals surface area contributed by atoms with Crippen molar-refractivity contribution in [2.75, 3.05) is 32.3 Å². The molecule has 0 bridgehead atoms. The Hall–Kier alpha value is -4.34. The van der Waals surface area contributed by atoms with Gasteiger partial charge in [0.25, 0.3) is 5.91 Å². The van der Waals surface area contributed by atoms with E-state index in [0.29, 0.717) is 22.7 Å². The number of anilines is 1. The van der Waals surface area contributed by atoms with Crippen molar-refractivity contribution in [3.05, 3.63) is 66.7 Å². The zero-order valence-electron chi connectivity index (χ0n) is 20.2. The number of carbonyl (C=O) groups is 4. The summed E-state index contributed by atoms with van der Waals surface area (Å²) in [6.45, 7) is 3.00. The van der Waals surface area contributed by atoms with Gasteiger partial charge in [0.1, 0.15) is 11.5 Å². The average Bonchev–Trinajstić information content (AvgIpc) is 2.90. The number of rotatable bonds is 9. The molecule has 1 saturated heterocycles. The van der Waals surface area contributed by atoms with Gasteiger partial charge in [0.15, 0.2) is 6.61 Å². The summed E-state index contributed by atoms with van der Waals surface area (Å²) in [6, 6.07) is 12.6. The summed E-state index contributed by atoms with van der Waals surface area (Å²) in [4.78, 5) is 51.7. The van der Waals surface area contributed by atoms with Crippen molar-refractivity contribution in [3.8, 4) is 11.5 Å². The predicted molar refractivity (Wildman–Crippen MR) is 132 cm³/mol. The Morgan fingerprint density at radius 2 is 1.81 bits per heavy atom. The Morgan fingerprint density at radius 3 is 2.47 bits per heavy atom. The molecule has 1 fully saturated rings. The van der Waals surface area contributed by atoms with Crippen LogP contribution in [0.4, 0.5) is 10.5 Å². The number of nitrogens with zero attached hydrogens (tertiary/aromatic N) is 1. The first-order chi connectivity index (χ1) is 17.4. The van der Waals surface area contributed by atoms with Crippen LogP contribution >= 0.6 is 0 Å². The number of ether oxygens (including phenoxy) is 3. The van der Waals surface area contributed by atoms with Gasteiger partial charge in [-0.1, -0.05) is 24.3 Å². The first kappa shape index (κ1) is 26.3. The maximum atomic E-state index is 13.2. The van der Waals surface area contributed by atoms with Gasteiger partial charge in [0, 0.05) is 24.2 Å². The molecule has 2 N–H and O–H groups in total. The highest BCUT2D eigenvalue weighted by atomic mass is 16.5. The lowest BCUT2D eigenvalue weighted by atomic mass is 9.83. The first-order valence-corrected chi connectivity index (χ1v) is 11.3. The highest BCUT2D eigenvalue weighted by Gasteiger charge is 2.43. The number of hydrogen-bond acceptors (Lipinski definition) is 7. The van der Waals surface area contributed by atoms with Crippen LogP contribution in [0.3, 0.4) is 0 Å².